The monoisotopic (exact) mass is 252 g/mol. The number of carbonyl (C=O) groups excluding carboxylic acids is 1. The Labute approximate surface area is 105 Å². The van der Waals surface area contributed by atoms with Crippen molar-refractivity contribution < 1.29 is 9.90 Å². The van der Waals surface area contributed by atoms with Gasteiger partial charge < -0.3 is 10.4 Å². The number of aliphatic hydroxyl groups is 1. The van der Waals surface area contributed by atoms with Crippen LogP contribution in [0.3, 0.4) is 0 Å². The molecule has 2 rings (SSSR count). The van der Waals surface area contributed by atoms with E-state index in [4.69, 9.17) is 0 Å². The van der Waals surface area contributed by atoms with Gasteiger partial charge in [0, 0.05) is 4.90 Å². The van der Waals surface area contributed by atoms with Crippen LogP contribution in [0.1, 0.15) is 5.56 Å². The summed E-state index contributed by atoms with van der Waals surface area (Å²) in [5.41, 5.74) is 2.01. The Morgan fingerprint density at radius 3 is 3.06 bits per heavy atom. The van der Waals surface area contributed by atoms with Crippen molar-refractivity contribution in [1.82, 2.24) is 5.32 Å². The molecule has 1 aliphatic rings. The minimum atomic E-state index is -0.248. The molecule has 0 saturated carbocycles. The van der Waals surface area contributed by atoms with E-state index in [-0.39, 0.29) is 12.6 Å². The van der Waals surface area contributed by atoms with Crippen LogP contribution in [0.5, 0.6) is 0 Å². The zero-order chi connectivity index (χ0) is 12.3. The van der Waals surface area contributed by atoms with Crippen molar-refractivity contribution in [1.29, 1.82) is 0 Å². The van der Waals surface area contributed by atoms with Crippen LogP contribution in [0.2, 0.25) is 0 Å². The zero-order valence-electron chi connectivity index (χ0n) is 9.77. The standard InChI is InChI=1S/C12H16N2O2S/c1-13-5-4-9-2-3-11-10(6-9)14(8-15)12(16)7-17-11/h2-3,6,13,15H,4-5,7-8H2,1H3. The van der Waals surface area contributed by atoms with Crippen molar-refractivity contribution in [2.75, 3.05) is 31.0 Å². The van der Waals surface area contributed by atoms with Crippen LogP contribution in [-0.4, -0.2) is 37.1 Å². The number of likely N-dealkylation sites (N-methyl/N-ethyl adjacent to an activating group) is 1. The molecular weight excluding hydrogens is 236 g/mol. The van der Waals surface area contributed by atoms with Crippen LogP contribution in [0.25, 0.3) is 0 Å². The molecule has 0 aliphatic carbocycles. The zero-order valence-corrected chi connectivity index (χ0v) is 10.6. The van der Waals surface area contributed by atoms with E-state index in [2.05, 4.69) is 11.4 Å². The molecule has 92 valence electrons. The number of rotatable bonds is 4. The van der Waals surface area contributed by atoms with Gasteiger partial charge in [-0.25, -0.2) is 0 Å². The fourth-order valence-corrected chi connectivity index (χ4v) is 2.74. The van der Waals surface area contributed by atoms with E-state index in [1.54, 1.807) is 0 Å². The SMILES string of the molecule is CNCCc1ccc2c(c1)N(CO)C(=O)CS2. The molecular formula is C12H16N2O2S. The van der Waals surface area contributed by atoms with E-state index >= 15 is 0 Å². The largest absolute Gasteiger partial charge is 0.376 e. The Morgan fingerprint density at radius 2 is 2.35 bits per heavy atom. The van der Waals surface area contributed by atoms with Gasteiger partial charge in [-0.1, -0.05) is 6.07 Å². The van der Waals surface area contributed by atoms with Gasteiger partial charge in [0.2, 0.25) is 5.91 Å². The highest BCUT2D eigenvalue weighted by molar-refractivity contribution is 8.00. The van der Waals surface area contributed by atoms with Crippen molar-refractivity contribution in [3.8, 4) is 0 Å². The van der Waals surface area contributed by atoms with Gasteiger partial charge >= 0.3 is 0 Å². The highest BCUT2D eigenvalue weighted by atomic mass is 32.2. The van der Waals surface area contributed by atoms with E-state index < -0.39 is 0 Å². The molecule has 0 saturated heterocycles. The lowest BCUT2D eigenvalue weighted by Crippen LogP contribution is -2.36. The van der Waals surface area contributed by atoms with Crippen LogP contribution in [0.4, 0.5) is 5.69 Å². The third-order valence-electron chi connectivity index (χ3n) is 2.77. The molecule has 1 aromatic rings. The summed E-state index contributed by atoms with van der Waals surface area (Å²) in [7, 11) is 1.91. The highest BCUT2D eigenvalue weighted by Crippen LogP contribution is 2.35. The molecule has 1 aliphatic heterocycles. The van der Waals surface area contributed by atoms with Gasteiger partial charge in [0.25, 0.3) is 0 Å². The first kappa shape index (κ1) is 12.4. The molecule has 0 unspecified atom stereocenters. The number of hydrogen-bond donors (Lipinski definition) is 2. The number of thioether (sulfide) groups is 1. The molecule has 1 amide bonds. The molecule has 0 atom stereocenters. The fraction of sp³-hybridized carbons (Fsp3) is 0.417. The Balaban J connectivity index is 2.28. The van der Waals surface area contributed by atoms with E-state index in [0.717, 1.165) is 23.5 Å². The Morgan fingerprint density at radius 1 is 1.53 bits per heavy atom. The number of nitrogens with one attached hydrogen (secondary N) is 1. The second-order valence-electron chi connectivity index (χ2n) is 3.91. The average Bonchev–Trinajstić information content (AvgIpc) is 2.36. The van der Waals surface area contributed by atoms with Gasteiger partial charge in [-0.2, -0.15) is 0 Å². The normalized spacial score (nSPS) is 14.9. The molecule has 0 spiro atoms. The fourth-order valence-electron chi connectivity index (χ4n) is 1.83. The predicted octanol–water partition coefficient (Wildman–Crippen LogP) is 0.837. The van der Waals surface area contributed by atoms with Crippen LogP contribution >= 0.6 is 11.8 Å². The summed E-state index contributed by atoms with van der Waals surface area (Å²) in [6.07, 6.45) is 0.919. The van der Waals surface area contributed by atoms with Crippen LogP contribution in [0.15, 0.2) is 23.1 Å². The van der Waals surface area contributed by atoms with Crippen molar-refractivity contribution in [2.24, 2.45) is 0 Å². The van der Waals surface area contributed by atoms with Gasteiger partial charge in [-0.05, 0) is 37.7 Å². The van der Waals surface area contributed by atoms with Gasteiger partial charge in [0.15, 0.2) is 0 Å². The van der Waals surface area contributed by atoms with E-state index in [0.29, 0.717) is 5.75 Å². The number of anilines is 1. The van der Waals surface area contributed by atoms with Gasteiger partial charge in [0.1, 0.15) is 6.73 Å². The maximum atomic E-state index is 11.6. The molecule has 5 heteroatoms. The topological polar surface area (TPSA) is 52.6 Å². The molecule has 1 aromatic carbocycles. The van der Waals surface area contributed by atoms with Gasteiger partial charge in [0.05, 0.1) is 11.4 Å². The average molecular weight is 252 g/mol. The number of benzene rings is 1. The summed E-state index contributed by atoms with van der Waals surface area (Å²) < 4.78 is 0. The highest BCUT2D eigenvalue weighted by Gasteiger charge is 2.23. The number of amides is 1. The first-order valence-corrected chi connectivity index (χ1v) is 6.56. The van der Waals surface area contributed by atoms with Crippen molar-refractivity contribution in [3.63, 3.8) is 0 Å². The summed E-state index contributed by atoms with van der Waals surface area (Å²) in [6.45, 7) is 0.654. The number of carbonyl (C=O) groups is 1. The molecule has 2 N–H and O–H groups in total. The minimum absolute atomic E-state index is 0.0317. The molecule has 0 radical (unpaired) electrons. The second kappa shape index (κ2) is 5.53. The lowest BCUT2D eigenvalue weighted by atomic mass is 10.1. The first-order chi connectivity index (χ1) is 8.26. The Bertz CT molecular complexity index is 423. The van der Waals surface area contributed by atoms with Crippen molar-refractivity contribution in [2.45, 2.75) is 11.3 Å². The quantitative estimate of drug-likeness (QED) is 0.833. The molecule has 0 fully saturated rings. The molecule has 1 heterocycles. The first-order valence-electron chi connectivity index (χ1n) is 5.58. The predicted molar refractivity (Wildman–Crippen MR) is 69.4 cm³/mol. The van der Waals surface area contributed by atoms with Crippen molar-refractivity contribution >= 4 is 23.4 Å². The lowest BCUT2D eigenvalue weighted by molar-refractivity contribution is -0.117. The summed E-state index contributed by atoms with van der Waals surface area (Å²) >= 11 is 1.53. The maximum absolute atomic E-state index is 11.6. The van der Waals surface area contributed by atoms with E-state index in [1.165, 1.54) is 22.2 Å². The number of hydrogen-bond acceptors (Lipinski definition) is 4. The molecule has 17 heavy (non-hydrogen) atoms. The van der Waals surface area contributed by atoms with Crippen LogP contribution < -0.4 is 10.2 Å². The van der Waals surface area contributed by atoms with Crippen LogP contribution in [0, 0.1) is 0 Å². The summed E-state index contributed by atoms with van der Waals surface area (Å²) in [5.74, 6) is 0.374. The Kier molecular flexibility index (Phi) is 4.04. The number of aliphatic hydroxyl groups excluding tert-OH is 1. The Hall–Kier alpha value is -1.04. The van der Waals surface area contributed by atoms with E-state index in [1.807, 2.05) is 19.2 Å². The lowest BCUT2D eigenvalue weighted by Gasteiger charge is -2.27. The minimum Gasteiger partial charge on any atom is -0.376 e. The van der Waals surface area contributed by atoms with Crippen LogP contribution in [-0.2, 0) is 11.2 Å². The molecule has 0 aromatic heterocycles. The number of nitrogens with zero attached hydrogens (tertiary/aromatic N) is 1. The molecule has 0 bridgehead atoms. The van der Waals surface area contributed by atoms with Gasteiger partial charge in [-0.15, -0.1) is 11.8 Å². The third-order valence-corrected chi connectivity index (χ3v) is 3.82. The van der Waals surface area contributed by atoms with Crippen molar-refractivity contribution in [3.05, 3.63) is 23.8 Å². The molecule has 4 nitrogen and oxygen atoms in total. The summed E-state index contributed by atoms with van der Waals surface area (Å²) in [4.78, 5) is 14.1. The third kappa shape index (κ3) is 2.62. The van der Waals surface area contributed by atoms with Gasteiger partial charge in [-0.3, -0.25) is 9.69 Å². The van der Waals surface area contributed by atoms with E-state index in [9.17, 15) is 9.90 Å². The maximum Gasteiger partial charge on any atom is 0.239 e. The summed E-state index contributed by atoms with van der Waals surface area (Å²) in [6, 6.07) is 6.10. The number of fused-ring (bicyclic) bond motifs is 1. The second-order valence-corrected chi connectivity index (χ2v) is 4.92. The smallest absolute Gasteiger partial charge is 0.239 e. The summed E-state index contributed by atoms with van der Waals surface area (Å²) in [5, 5.41) is 12.4.